The molecule has 2 N–H and O–H groups in total. The van der Waals surface area contributed by atoms with Crippen molar-refractivity contribution >= 4 is 0 Å². The van der Waals surface area contributed by atoms with Crippen molar-refractivity contribution in [1.82, 2.24) is 10.1 Å². The van der Waals surface area contributed by atoms with Crippen LogP contribution in [0.2, 0.25) is 0 Å². The van der Waals surface area contributed by atoms with Crippen LogP contribution in [0.25, 0.3) is 11.5 Å². The van der Waals surface area contributed by atoms with Crippen LogP contribution in [0.1, 0.15) is 32.4 Å². The lowest BCUT2D eigenvalue weighted by atomic mass is 9.96. The van der Waals surface area contributed by atoms with Gasteiger partial charge in [0, 0.05) is 5.41 Å². The third-order valence-corrected chi connectivity index (χ3v) is 2.20. The molecule has 16 heavy (non-hydrogen) atoms. The lowest BCUT2D eigenvalue weighted by Crippen LogP contribution is -2.13. The van der Waals surface area contributed by atoms with Crippen molar-refractivity contribution in [1.29, 1.82) is 0 Å². The topological polar surface area (TPSA) is 78.1 Å². The number of rotatable bonds is 2. The standard InChI is InChI=1S/C11H15N3O2/c1-11(2,3)10-13-9(16-14-10)7-4-8(5-12)15-6-7/h4,6H,5,12H2,1-3H3. The summed E-state index contributed by atoms with van der Waals surface area (Å²) in [6.45, 7) is 6.45. The Hall–Kier alpha value is -1.62. The van der Waals surface area contributed by atoms with Crippen LogP contribution in [0, 0.1) is 0 Å². The molecule has 0 saturated heterocycles. The van der Waals surface area contributed by atoms with Gasteiger partial charge in [-0.2, -0.15) is 4.98 Å². The third kappa shape index (κ3) is 1.99. The molecule has 2 rings (SSSR count). The Bertz CT molecular complexity index is 479. The summed E-state index contributed by atoms with van der Waals surface area (Å²) < 4.78 is 10.4. The molecular weight excluding hydrogens is 206 g/mol. The first-order valence-electron chi connectivity index (χ1n) is 5.13. The molecule has 0 bridgehead atoms. The summed E-state index contributed by atoms with van der Waals surface area (Å²) >= 11 is 0. The number of hydrogen-bond donors (Lipinski definition) is 1. The summed E-state index contributed by atoms with van der Waals surface area (Å²) in [5.74, 6) is 1.84. The Labute approximate surface area is 93.6 Å². The van der Waals surface area contributed by atoms with E-state index in [0.717, 1.165) is 5.56 Å². The van der Waals surface area contributed by atoms with E-state index in [4.69, 9.17) is 14.7 Å². The predicted octanol–water partition coefficient (Wildman–Crippen LogP) is 2.09. The van der Waals surface area contributed by atoms with Gasteiger partial charge >= 0.3 is 0 Å². The molecule has 0 spiro atoms. The van der Waals surface area contributed by atoms with E-state index in [1.807, 2.05) is 20.8 Å². The van der Waals surface area contributed by atoms with Crippen LogP contribution < -0.4 is 5.73 Å². The van der Waals surface area contributed by atoms with E-state index in [2.05, 4.69) is 10.1 Å². The smallest absolute Gasteiger partial charge is 0.261 e. The Morgan fingerprint density at radius 3 is 2.62 bits per heavy atom. The van der Waals surface area contributed by atoms with E-state index in [9.17, 15) is 0 Å². The molecule has 86 valence electrons. The molecule has 0 saturated carbocycles. The Balaban J connectivity index is 2.31. The highest BCUT2D eigenvalue weighted by atomic mass is 16.5. The number of furan rings is 1. The van der Waals surface area contributed by atoms with Gasteiger partial charge in [-0.3, -0.25) is 0 Å². The molecule has 2 aromatic rings. The highest BCUT2D eigenvalue weighted by Gasteiger charge is 2.22. The van der Waals surface area contributed by atoms with Gasteiger partial charge in [-0.05, 0) is 6.07 Å². The van der Waals surface area contributed by atoms with Gasteiger partial charge in [0.1, 0.15) is 12.0 Å². The molecule has 5 nitrogen and oxygen atoms in total. The summed E-state index contributed by atoms with van der Waals surface area (Å²) in [4.78, 5) is 4.32. The molecule has 5 heteroatoms. The van der Waals surface area contributed by atoms with Crippen molar-refractivity contribution in [2.45, 2.75) is 32.7 Å². The first-order valence-corrected chi connectivity index (χ1v) is 5.13. The second-order valence-corrected chi connectivity index (χ2v) is 4.68. The normalized spacial score (nSPS) is 12.0. The number of aromatic nitrogens is 2. The van der Waals surface area contributed by atoms with Crippen LogP contribution in [-0.4, -0.2) is 10.1 Å². The number of nitrogens with two attached hydrogens (primary N) is 1. The molecule has 0 aliphatic carbocycles. The van der Waals surface area contributed by atoms with Crippen molar-refractivity contribution in [2.24, 2.45) is 5.73 Å². The molecule has 0 amide bonds. The Morgan fingerprint density at radius 2 is 2.12 bits per heavy atom. The van der Waals surface area contributed by atoms with Gasteiger partial charge in [0.05, 0.1) is 12.1 Å². The van der Waals surface area contributed by atoms with Crippen molar-refractivity contribution in [3.05, 3.63) is 23.9 Å². The summed E-state index contributed by atoms with van der Waals surface area (Å²) in [5, 5.41) is 3.94. The molecular formula is C11H15N3O2. The summed E-state index contributed by atoms with van der Waals surface area (Å²) in [6, 6.07) is 1.81. The maximum Gasteiger partial charge on any atom is 0.261 e. The van der Waals surface area contributed by atoms with Gasteiger partial charge in [0.15, 0.2) is 5.82 Å². The zero-order valence-electron chi connectivity index (χ0n) is 9.65. The average Bonchev–Trinajstić information content (AvgIpc) is 2.85. The first-order chi connectivity index (χ1) is 7.50. The van der Waals surface area contributed by atoms with E-state index >= 15 is 0 Å². The minimum Gasteiger partial charge on any atom is -0.467 e. The summed E-state index contributed by atoms with van der Waals surface area (Å²) in [6.07, 6.45) is 1.57. The van der Waals surface area contributed by atoms with Crippen molar-refractivity contribution in [3.8, 4) is 11.5 Å². The minimum absolute atomic E-state index is 0.123. The lowest BCUT2D eigenvalue weighted by molar-refractivity contribution is 0.402. The molecule has 0 atom stereocenters. The highest BCUT2D eigenvalue weighted by Crippen LogP contribution is 2.24. The highest BCUT2D eigenvalue weighted by molar-refractivity contribution is 5.51. The van der Waals surface area contributed by atoms with Gasteiger partial charge in [-0.1, -0.05) is 25.9 Å². The average molecular weight is 221 g/mol. The Morgan fingerprint density at radius 1 is 1.38 bits per heavy atom. The fourth-order valence-electron chi connectivity index (χ4n) is 1.25. The third-order valence-electron chi connectivity index (χ3n) is 2.20. The molecule has 0 aliphatic rings. The monoisotopic (exact) mass is 221 g/mol. The molecule has 0 fully saturated rings. The Kier molecular flexibility index (Phi) is 2.55. The number of hydrogen-bond acceptors (Lipinski definition) is 5. The molecule has 2 heterocycles. The maximum absolute atomic E-state index is 5.46. The zero-order valence-corrected chi connectivity index (χ0v) is 9.65. The largest absolute Gasteiger partial charge is 0.467 e. The van der Waals surface area contributed by atoms with E-state index in [0.29, 0.717) is 24.0 Å². The van der Waals surface area contributed by atoms with Crippen LogP contribution >= 0.6 is 0 Å². The number of nitrogens with zero attached hydrogens (tertiary/aromatic N) is 2. The van der Waals surface area contributed by atoms with Crippen molar-refractivity contribution in [3.63, 3.8) is 0 Å². The second-order valence-electron chi connectivity index (χ2n) is 4.68. The zero-order chi connectivity index (χ0) is 11.8. The van der Waals surface area contributed by atoms with Gasteiger partial charge in [-0.25, -0.2) is 0 Å². The van der Waals surface area contributed by atoms with Gasteiger partial charge in [0.2, 0.25) is 0 Å². The minimum atomic E-state index is -0.123. The fraction of sp³-hybridized carbons (Fsp3) is 0.455. The van der Waals surface area contributed by atoms with Gasteiger partial charge in [-0.15, -0.1) is 0 Å². The molecule has 2 aromatic heterocycles. The maximum atomic E-state index is 5.46. The predicted molar refractivity (Wildman–Crippen MR) is 58.6 cm³/mol. The van der Waals surface area contributed by atoms with Crippen molar-refractivity contribution < 1.29 is 8.94 Å². The van der Waals surface area contributed by atoms with Crippen LogP contribution in [0.4, 0.5) is 0 Å². The molecule has 0 unspecified atom stereocenters. The van der Waals surface area contributed by atoms with E-state index in [1.54, 1.807) is 12.3 Å². The molecule has 0 aromatic carbocycles. The summed E-state index contributed by atoms with van der Waals surface area (Å²) in [5.41, 5.74) is 6.10. The SMILES string of the molecule is CC(C)(C)c1noc(-c2coc(CN)c2)n1. The quantitative estimate of drug-likeness (QED) is 0.840. The second kappa shape index (κ2) is 3.75. The van der Waals surface area contributed by atoms with Crippen LogP contribution in [0.5, 0.6) is 0 Å². The van der Waals surface area contributed by atoms with E-state index < -0.39 is 0 Å². The van der Waals surface area contributed by atoms with Crippen molar-refractivity contribution in [2.75, 3.05) is 0 Å². The lowest BCUT2D eigenvalue weighted by Gasteiger charge is -2.10. The van der Waals surface area contributed by atoms with Gasteiger partial charge in [0.25, 0.3) is 5.89 Å². The fourth-order valence-corrected chi connectivity index (χ4v) is 1.25. The van der Waals surface area contributed by atoms with Gasteiger partial charge < -0.3 is 14.7 Å². The molecule has 0 aliphatic heterocycles. The van der Waals surface area contributed by atoms with E-state index in [-0.39, 0.29) is 5.41 Å². The summed E-state index contributed by atoms with van der Waals surface area (Å²) in [7, 11) is 0. The molecule has 0 radical (unpaired) electrons. The van der Waals surface area contributed by atoms with Crippen LogP contribution in [0.15, 0.2) is 21.3 Å². The van der Waals surface area contributed by atoms with Crippen LogP contribution in [0.3, 0.4) is 0 Å². The van der Waals surface area contributed by atoms with Crippen LogP contribution in [-0.2, 0) is 12.0 Å². The first kappa shape index (κ1) is 10.9. The van der Waals surface area contributed by atoms with E-state index in [1.165, 1.54) is 0 Å².